The van der Waals surface area contributed by atoms with Crippen molar-refractivity contribution in [2.75, 3.05) is 20.8 Å². The van der Waals surface area contributed by atoms with Crippen molar-refractivity contribution in [3.8, 4) is 5.75 Å². The van der Waals surface area contributed by atoms with Gasteiger partial charge >= 0.3 is 12.6 Å². The Morgan fingerprint density at radius 1 is 1.35 bits per heavy atom. The number of rotatable bonds is 7. The van der Waals surface area contributed by atoms with Crippen LogP contribution in [0.15, 0.2) is 22.7 Å². The number of halogens is 3. The van der Waals surface area contributed by atoms with Gasteiger partial charge in [0.1, 0.15) is 11.8 Å². The van der Waals surface area contributed by atoms with Crippen LogP contribution in [0, 0.1) is 0 Å². The number of alkyl halides is 2. The van der Waals surface area contributed by atoms with E-state index < -0.39 is 18.6 Å². The summed E-state index contributed by atoms with van der Waals surface area (Å²) >= 11 is 3.27. The fourth-order valence-corrected chi connectivity index (χ4v) is 3.35. The molecule has 1 aromatic carbocycles. The second-order valence-electron chi connectivity index (χ2n) is 5.81. The van der Waals surface area contributed by atoms with Crippen molar-refractivity contribution in [2.45, 2.75) is 38.0 Å². The first-order valence-electron chi connectivity index (χ1n) is 7.99. The topological polar surface area (TPSA) is 65.1 Å². The van der Waals surface area contributed by atoms with Gasteiger partial charge in [-0.05, 0) is 30.2 Å². The van der Waals surface area contributed by atoms with E-state index in [2.05, 4.69) is 20.7 Å². The standard InChI is InChI=1S/C17H20BrF2NO5/c1-24-12-8-13(16(23)25-2)21(9-12)15(22)6-3-10-7-11(18)4-5-14(10)26-17(19)20/h4-5,7,12-13,17H,3,6,8-9H2,1-2H3/t12-,13-/m0/s1. The number of carbonyl (C=O) groups is 2. The Labute approximate surface area is 158 Å². The summed E-state index contributed by atoms with van der Waals surface area (Å²) in [6.07, 6.45) is 0.361. The van der Waals surface area contributed by atoms with Gasteiger partial charge in [0, 0.05) is 31.0 Å². The number of hydrogen-bond donors (Lipinski definition) is 0. The summed E-state index contributed by atoms with van der Waals surface area (Å²) in [5.74, 6) is -0.748. The second-order valence-corrected chi connectivity index (χ2v) is 6.72. The monoisotopic (exact) mass is 435 g/mol. The first kappa shape index (κ1) is 20.6. The second kappa shape index (κ2) is 9.27. The molecule has 1 aliphatic rings. The molecule has 1 amide bonds. The van der Waals surface area contributed by atoms with Crippen LogP contribution in [0.25, 0.3) is 0 Å². The van der Waals surface area contributed by atoms with Crippen LogP contribution in [-0.2, 0) is 25.5 Å². The van der Waals surface area contributed by atoms with Crippen LogP contribution in [0.2, 0.25) is 0 Å². The number of hydrogen-bond acceptors (Lipinski definition) is 5. The molecule has 0 aliphatic carbocycles. The predicted molar refractivity (Wildman–Crippen MR) is 92.0 cm³/mol. The first-order valence-corrected chi connectivity index (χ1v) is 8.78. The number of methoxy groups -OCH3 is 2. The number of esters is 1. The van der Waals surface area contributed by atoms with Crippen molar-refractivity contribution in [3.63, 3.8) is 0 Å². The van der Waals surface area contributed by atoms with Gasteiger partial charge in [-0.1, -0.05) is 15.9 Å². The average molecular weight is 436 g/mol. The Kier molecular flexibility index (Phi) is 7.33. The SMILES string of the molecule is COC(=O)[C@@H]1C[C@H](OC)CN1C(=O)CCc1cc(Br)ccc1OC(F)F. The van der Waals surface area contributed by atoms with Gasteiger partial charge in [-0.25, -0.2) is 4.79 Å². The number of nitrogens with zero attached hydrogens (tertiary/aromatic N) is 1. The molecule has 9 heteroatoms. The quantitative estimate of drug-likeness (QED) is 0.616. The van der Waals surface area contributed by atoms with E-state index in [0.717, 1.165) is 0 Å². The number of likely N-dealkylation sites (tertiary alicyclic amines) is 1. The minimum absolute atomic E-state index is 0.0247. The fraction of sp³-hybridized carbons (Fsp3) is 0.529. The number of benzene rings is 1. The molecule has 0 saturated carbocycles. The molecule has 1 heterocycles. The van der Waals surface area contributed by atoms with E-state index in [1.165, 1.54) is 25.2 Å². The Hall–Kier alpha value is -1.74. The van der Waals surface area contributed by atoms with E-state index >= 15 is 0 Å². The van der Waals surface area contributed by atoms with Gasteiger partial charge in [-0.3, -0.25) is 4.79 Å². The number of carbonyl (C=O) groups excluding carboxylic acids is 2. The largest absolute Gasteiger partial charge is 0.467 e. The maximum absolute atomic E-state index is 12.6. The molecule has 144 valence electrons. The van der Waals surface area contributed by atoms with Crippen molar-refractivity contribution >= 4 is 27.8 Å². The zero-order valence-corrected chi connectivity index (χ0v) is 16.0. The molecule has 0 aromatic heterocycles. The summed E-state index contributed by atoms with van der Waals surface area (Å²) in [6, 6.07) is 3.94. The van der Waals surface area contributed by atoms with E-state index in [-0.39, 0.29) is 37.1 Å². The van der Waals surface area contributed by atoms with Crippen molar-refractivity contribution < 1.29 is 32.6 Å². The Morgan fingerprint density at radius 3 is 2.69 bits per heavy atom. The lowest BCUT2D eigenvalue weighted by Gasteiger charge is -2.22. The maximum Gasteiger partial charge on any atom is 0.387 e. The Morgan fingerprint density at radius 2 is 2.08 bits per heavy atom. The highest BCUT2D eigenvalue weighted by Crippen LogP contribution is 2.27. The molecule has 1 fully saturated rings. The zero-order valence-electron chi connectivity index (χ0n) is 14.4. The third-order valence-corrected chi connectivity index (χ3v) is 4.73. The number of ether oxygens (including phenoxy) is 3. The molecule has 26 heavy (non-hydrogen) atoms. The van der Waals surface area contributed by atoms with Gasteiger partial charge in [0.25, 0.3) is 0 Å². The van der Waals surface area contributed by atoms with E-state index in [9.17, 15) is 18.4 Å². The predicted octanol–water partition coefficient (Wildman–Crippen LogP) is 2.77. The summed E-state index contributed by atoms with van der Waals surface area (Å²) in [6.45, 7) is -2.66. The zero-order chi connectivity index (χ0) is 19.3. The lowest BCUT2D eigenvalue weighted by molar-refractivity contribution is -0.150. The van der Waals surface area contributed by atoms with Crippen LogP contribution in [0.5, 0.6) is 5.75 Å². The van der Waals surface area contributed by atoms with Crippen molar-refractivity contribution in [1.82, 2.24) is 4.90 Å². The van der Waals surface area contributed by atoms with E-state index in [0.29, 0.717) is 16.5 Å². The van der Waals surface area contributed by atoms with Gasteiger partial charge in [0.15, 0.2) is 0 Å². The molecule has 1 saturated heterocycles. The molecule has 6 nitrogen and oxygen atoms in total. The van der Waals surface area contributed by atoms with Gasteiger partial charge in [-0.2, -0.15) is 8.78 Å². The molecule has 0 bridgehead atoms. The summed E-state index contributed by atoms with van der Waals surface area (Å²) in [5, 5.41) is 0. The molecule has 0 radical (unpaired) electrons. The molecular weight excluding hydrogens is 416 g/mol. The third kappa shape index (κ3) is 5.14. The summed E-state index contributed by atoms with van der Waals surface area (Å²) < 4.78 is 40.2. The molecule has 1 aromatic rings. The molecule has 2 atom stereocenters. The van der Waals surface area contributed by atoms with E-state index in [1.807, 2.05) is 0 Å². The normalized spacial score (nSPS) is 19.7. The smallest absolute Gasteiger partial charge is 0.387 e. The fourth-order valence-electron chi connectivity index (χ4n) is 2.94. The molecule has 0 N–H and O–H groups in total. The van der Waals surface area contributed by atoms with Crippen molar-refractivity contribution in [3.05, 3.63) is 28.2 Å². The van der Waals surface area contributed by atoms with Gasteiger partial charge < -0.3 is 19.1 Å². The van der Waals surface area contributed by atoms with Crippen LogP contribution in [0.4, 0.5) is 8.78 Å². The third-order valence-electron chi connectivity index (χ3n) is 4.24. The minimum atomic E-state index is -2.95. The summed E-state index contributed by atoms with van der Waals surface area (Å²) in [7, 11) is 2.78. The highest BCUT2D eigenvalue weighted by atomic mass is 79.9. The highest BCUT2D eigenvalue weighted by molar-refractivity contribution is 9.10. The van der Waals surface area contributed by atoms with Crippen LogP contribution in [0.1, 0.15) is 18.4 Å². The van der Waals surface area contributed by atoms with Gasteiger partial charge in [0.2, 0.25) is 5.91 Å². The molecular formula is C17H20BrF2NO5. The summed E-state index contributed by atoms with van der Waals surface area (Å²) in [4.78, 5) is 25.9. The van der Waals surface area contributed by atoms with Crippen LogP contribution < -0.4 is 4.74 Å². The van der Waals surface area contributed by atoms with Crippen LogP contribution in [-0.4, -0.2) is 56.3 Å². The minimum Gasteiger partial charge on any atom is -0.467 e. The number of amides is 1. The van der Waals surface area contributed by atoms with Crippen LogP contribution in [0.3, 0.4) is 0 Å². The summed E-state index contributed by atoms with van der Waals surface area (Å²) in [5.41, 5.74) is 0.477. The van der Waals surface area contributed by atoms with Gasteiger partial charge in [0.05, 0.1) is 13.2 Å². The van der Waals surface area contributed by atoms with E-state index in [4.69, 9.17) is 9.47 Å². The molecule has 1 aliphatic heterocycles. The maximum atomic E-state index is 12.6. The van der Waals surface area contributed by atoms with E-state index in [1.54, 1.807) is 12.1 Å². The highest BCUT2D eigenvalue weighted by Gasteiger charge is 2.40. The lowest BCUT2D eigenvalue weighted by atomic mass is 10.1. The average Bonchev–Trinajstić information content (AvgIpc) is 3.05. The van der Waals surface area contributed by atoms with Crippen molar-refractivity contribution in [1.29, 1.82) is 0 Å². The molecule has 2 rings (SSSR count). The first-order chi connectivity index (χ1) is 12.3. The van der Waals surface area contributed by atoms with Gasteiger partial charge in [-0.15, -0.1) is 0 Å². The van der Waals surface area contributed by atoms with Crippen LogP contribution >= 0.6 is 15.9 Å². The molecule has 0 unspecified atom stereocenters. The Bertz CT molecular complexity index is 658. The Balaban J connectivity index is 2.08. The van der Waals surface area contributed by atoms with Crippen molar-refractivity contribution in [2.24, 2.45) is 0 Å². The molecule has 0 spiro atoms. The lowest BCUT2D eigenvalue weighted by Crippen LogP contribution is -2.41. The number of aryl methyl sites for hydroxylation is 1.